The van der Waals surface area contributed by atoms with Crippen LogP contribution in [-0.2, 0) is 0 Å². The van der Waals surface area contributed by atoms with Crippen LogP contribution in [0.15, 0.2) is 59.5 Å². The van der Waals surface area contributed by atoms with Gasteiger partial charge in [-0.15, -0.1) is 0 Å². The van der Waals surface area contributed by atoms with Gasteiger partial charge in [0.05, 0.1) is 17.3 Å². The van der Waals surface area contributed by atoms with Crippen LogP contribution in [0.2, 0.25) is 0 Å². The molecule has 8 heteroatoms. The highest BCUT2D eigenvalue weighted by Gasteiger charge is 2.22. The normalized spacial score (nSPS) is 10.3. The molecule has 0 unspecified atom stereocenters. The Balaban J connectivity index is 1.57. The van der Waals surface area contributed by atoms with Crippen LogP contribution < -0.4 is 15.0 Å². The number of nitrogens with zero attached hydrogens (tertiary/aromatic N) is 3. The Morgan fingerprint density at radius 2 is 2.08 bits per heavy atom. The maximum Gasteiger partial charge on any atom is 0.403 e. The smallest absolute Gasteiger partial charge is 0.403 e. The first-order valence-electron chi connectivity index (χ1n) is 7.22. The molecule has 24 heavy (non-hydrogen) atoms. The van der Waals surface area contributed by atoms with E-state index in [1.54, 1.807) is 42.6 Å². The summed E-state index contributed by atoms with van der Waals surface area (Å²) in [5, 5.41) is 18.0. The standard InChI is InChI=1S/C16H14N4O4/c21-15(13-7-4-8-17-11-13)18-9-10-23-16-14(20(22)24-19-16)12-5-2-1-3-6-12/h1-8,11H,9-10H2,(H,18,21). The van der Waals surface area contributed by atoms with Gasteiger partial charge in [-0.1, -0.05) is 30.3 Å². The van der Waals surface area contributed by atoms with Gasteiger partial charge in [-0.25, -0.2) is 0 Å². The number of amides is 1. The molecule has 1 amide bonds. The fourth-order valence-corrected chi connectivity index (χ4v) is 2.07. The van der Waals surface area contributed by atoms with Gasteiger partial charge >= 0.3 is 5.88 Å². The van der Waals surface area contributed by atoms with E-state index >= 15 is 0 Å². The number of benzene rings is 1. The summed E-state index contributed by atoms with van der Waals surface area (Å²) < 4.78 is 10.0. The second-order valence-corrected chi connectivity index (χ2v) is 4.80. The van der Waals surface area contributed by atoms with Crippen molar-refractivity contribution in [3.05, 3.63) is 65.6 Å². The molecule has 0 aliphatic carbocycles. The van der Waals surface area contributed by atoms with E-state index in [1.165, 1.54) is 6.20 Å². The van der Waals surface area contributed by atoms with Gasteiger partial charge in [0.25, 0.3) is 11.6 Å². The monoisotopic (exact) mass is 326 g/mol. The van der Waals surface area contributed by atoms with Gasteiger partial charge in [0, 0.05) is 18.0 Å². The van der Waals surface area contributed by atoms with Crippen molar-refractivity contribution in [1.82, 2.24) is 15.5 Å². The molecule has 2 heterocycles. The summed E-state index contributed by atoms with van der Waals surface area (Å²) in [5.74, 6) is -0.180. The van der Waals surface area contributed by atoms with Crippen LogP contribution >= 0.6 is 0 Å². The molecular weight excluding hydrogens is 312 g/mol. The molecule has 0 bridgehead atoms. The molecular formula is C16H14N4O4. The Hall–Kier alpha value is -3.42. The SMILES string of the molecule is O=C(NCCOc1no[n+]([O-])c1-c1ccccc1)c1cccnc1. The molecule has 1 aromatic carbocycles. The lowest BCUT2D eigenvalue weighted by molar-refractivity contribution is -0.793. The Kier molecular flexibility index (Phi) is 4.66. The van der Waals surface area contributed by atoms with E-state index in [0.29, 0.717) is 16.0 Å². The summed E-state index contributed by atoms with van der Waals surface area (Å²) in [6.07, 6.45) is 3.06. The molecule has 0 atom stereocenters. The van der Waals surface area contributed by atoms with Crippen molar-refractivity contribution in [3.63, 3.8) is 0 Å². The third-order valence-electron chi connectivity index (χ3n) is 3.18. The first-order chi connectivity index (χ1) is 11.8. The van der Waals surface area contributed by atoms with E-state index in [4.69, 9.17) is 4.74 Å². The van der Waals surface area contributed by atoms with Gasteiger partial charge in [0.1, 0.15) is 6.61 Å². The van der Waals surface area contributed by atoms with Crippen LogP contribution in [0.25, 0.3) is 11.3 Å². The van der Waals surface area contributed by atoms with Gasteiger partial charge < -0.3 is 15.3 Å². The van der Waals surface area contributed by atoms with Crippen molar-refractivity contribution in [2.24, 2.45) is 0 Å². The van der Waals surface area contributed by atoms with Crippen LogP contribution in [0.4, 0.5) is 0 Å². The van der Waals surface area contributed by atoms with Gasteiger partial charge in [-0.3, -0.25) is 14.4 Å². The summed E-state index contributed by atoms with van der Waals surface area (Å²) in [7, 11) is 0. The highest BCUT2D eigenvalue weighted by molar-refractivity contribution is 5.93. The number of rotatable bonds is 6. The summed E-state index contributed by atoms with van der Waals surface area (Å²) in [4.78, 5) is 16.0. The van der Waals surface area contributed by atoms with E-state index in [-0.39, 0.29) is 30.6 Å². The number of ether oxygens (including phenoxy) is 1. The summed E-state index contributed by atoms with van der Waals surface area (Å²) in [6, 6.07) is 12.3. The molecule has 122 valence electrons. The lowest BCUT2D eigenvalue weighted by Gasteiger charge is -2.05. The molecule has 2 aromatic heterocycles. The Labute approximate surface area is 137 Å². The fraction of sp³-hybridized carbons (Fsp3) is 0.125. The summed E-state index contributed by atoms with van der Waals surface area (Å²) in [6.45, 7) is 0.381. The van der Waals surface area contributed by atoms with Gasteiger partial charge in [0.15, 0.2) is 0 Å². The van der Waals surface area contributed by atoms with Crippen LogP contribution in [0, 0.1) is 5.21 Å². The second-order valence-electron chi connectivity index (χ2n) is 4.80. The molecule has 0 saturated carbocycles. The molecule has 1 N–H and O–H groups in total. The number of carbonyl (C=O) groups excluding carboxylic acids is 1. The molecule has 0 aliphatic heterocycles. The largest absolute Gasteiger partial charge is 0.453 e. The Morgan fingerprint density at radius 3 is 2.83 bits per heavy atom. The Bertz CT molecular complexity index is 805. The van der Waals surface area contributed by atoms with Crippen molar-refractivity contribution in [2.75, 3.05) is 13.2 Å². The third-order valence-corrected chi connectivity index (χ3v) is 3.18. The first-order valence-corrected chi connectivity index (χ1v) is 7.22. The number of pyridine rings is 1. The average Bonchev–Trinajstić information content (AvgIpc) is 3.00. The molecule has 0 spiro atoms. The van der Waals surface area contributed by atoms with E-state index in [0.717, 1.165) is 0 Å². The van der Waals surface area contributed by atoms with Crippen LogP contribution in [0.3, 0.4) is 0 Å². The molecule has 8 nitrogen and oxygen atoms in total. The van der Waals surface area contributed by atoms with E-state index in [9.17, 15) is 10.0 Å². The van der Waals surface area contributed by atoms with Gasteiger partial charge in [0.2, 0.25) is 0 Å². The lowest BCUT2D eigenvalue weighted by Crippen LogP contribution is -2.28. The van der Waals surface area contributed by atoms with E-state index in [1.807, 2.05) is 6.07 Å². The van der Waals surface area contributed by atoms with Crippen molar-refractivity contribution in [2.45, 2.75) is 0 Å². The average molecular weight is 326 g/mol. The number of aromatic nitrogens is 3. The highest BCUT2D eigenvalue weighted by atomic mass is 16.8. The fourth-order valence-electron chi connectivity index (χ4n) is 2.07. The zero-order valence-electron chi connectivity index (χ0n) is 12.6. The quantitative estimate of drug-likeness (QED) is 0.539. The highest BCUT2D eigenvalue weighted by Crippen LogP contribution is 2.24. The van der Waals surface area contributed by atoms with Crippen molar-refractivity contribution >= 4 is 5.91 Å². The number of hydrogen-bond acceptors (Lipinski definition) is 6. The maximum atomic E-state index is 11.9. The number of nitrogens with one attached hydrogen (secondary N) is 1. The topological polar surface area (TPSA) is 104 Å². The summed E-state index contributed by atoms with van der Waals surface area (Å²) in [5.41, 5.74) is 1.28. The molecule has 0 saturated heterocycles. The molecule has 3 aromatic rings. The maximum absolute atomic E-state index is 11.9. The van der Waals surface area contributed by atoms with E-state index in [2.05, 4.69) is 20.1 Å². The minimum Gasteiger partial charge on any atom is -0.453 e. The van der Waals surface area contributed by atoms with Crippen molar-refractivity contribution in [1.29, 1.82) is 0 Å². The predicted molar refractivity (Wildman–Crippen MR) is 83.0 cm³/mol. The van der Waals surface area contributed by atoms with Crippen molar-refractivity contribution < 1.29 is 19.1 Å². The minimum atomic E-state index is -0.256. The van der Waals surface area contributed by atoms with Gasteiger partial charge in [-0.2, -0.15) is 0 Å². The molecule has 0 fully saturated rings. The van der Waals surface area contributed by atoms with Crippen molar-refractivity contribution in [3.8, 4) is 17.1 Å². The predicted octanol–water partition coefficient (Wildman–Crippen LogP) is 1.18. The van der Waals surface area contributed by atoms with Crippen LogP contribution in [-0.4, -0.2) is 29.2 Å². The zero-order chi connectivity index (χ0) is 16.8. The number of hydrogen-bond donors (Lipinski definition) is 1. The van der Waals surface area contributed by atoms with Gasteiger partial charge in [-0.05, 0) is 17.0 Å². The zero-order valence-corrected chi connectivity index (χ0v) is 12.6. The molecule has 0 radical (unpaired) electrons. The van der Waals surface area contributed by atoms with Crippen LogP contribution in [0.5, 0.6) is 5.88 Å². The lowest BCUT2D eigenvalue weighted by atomic mass is 10.2. The Morgan fingerprint density at radius 1 is 1.25 bits per heavy atom. The van der Waals surface area contributed by atoms with E-state index < -0.39 is 0 Å². The molecule has 0 aliphatic rings. The molecule has 3 rings (SSSR count). The van der Waals surface area contributed by atoms with Crippen LogP contribution in [0.1, 0.15) is 10.4 Å². The summed E-state index contributed by atoms with van der Waals surface area (Å²) >= 11 is 0. The number of carbonyl (C=O) groups is 1. The first kappa shape index (κ1) is 15.5. The third kappa shape index (κ3) is 3.49. The second kappa shape index (κ2) is 7.23. The minimum absolute atomic E-state index is 0.0758.